The van der Waals surface area contributed by atoms with Gasteiger partial charge in [-0.25, -0.2) is 4.68 Å². The molecular weight excluding hydrogens is 302 g/mol. The molecular formula is C19H27N3O2. The van der Waals surface area contributed by atoms with Gasteiger partial charge in [-0.15, -0.1) is 0 Å². The van der Waals surface area contributed by atoms with Crippen molar-refractivity contribution in [3.63, 3.8) is 0 Å². The van der Waals surface area contributed by atoms with Crippen LogP contribution in [0.2, 0.25) is 0 Å². The fourth-order valence-electron chi connectivity index (χ4n) is 2.93. The number of aromatic nitrogens is 2. The Labute approximate surface area is 143 Å². The molecule has 1 amide bonds. The van der Waals surface area contributed by atoms with Gasteiger partial charge in [-0.1, -0.05) is 25.1 Å². The monoisotopic (exact) mass is 329 g/mol. The SMILES string of the molecule is Cc1nn(-c2ccccc2)c(C)c1CC(=O)NCC(C)CC(C)O. The first-order valence-corrected chi connectivity index (χ1v) is 8.43. The van der Waals surface area contributed by atoms with E-state index in [1.165, 1.54) is 0 Å². The van der Waals surface area contributed by atoms with Crippen molar-refractivity contribution in [2.45, 2.75) is 46.6 Å². The Kier molecular flexibility index (Phi) is 6.15. The van der Waals surface area contributed by atoms with Gasteiger partial charge in [-0.05, 0) is 45.2 Å². The standard InChI is InChI=1S/C19H27N3O2/c1-13(10-14(2)23)12-20-19(24)11-18-15(3)21-22(16(18)4)17-8-6-5-7-9-17/h5-9,13-14,23H,10-12H2,1-4H3,(H,20,24). The predicted molar refractivity (Wildman–Crippen MR) is 95.2 cm³/mol. The zero-order valence-corrected chi connectivity index (χ0v) is 14.9. The van der Waals surface area contributed by atoms with Gasteiger partial charge in [-0.3, -0.25) is 4.79 Å². The van der Waals surface area contributed by atoms with Crippen molar-refractivity contribution in [2.24, 2.45) is 5.92 Å². The Morgan fingerprint density at radius 3 is 2.54 bits per heavy atom. The Morgan fingerprint density at radius 2 is 1.92 bits per heavy atom. The van der Waals surface area contributed by atoms with Crippen molar-refractivity contribution in [1.29, 1.82) is 0 Å². The lowest BCUT2D eigenvalue weighted by atomic mass is 10.0. The normalized spacial score (nSPS) is 13.5. The number of aryl methyl sites for hydroxylation is 1. The van der Waals surface area contributed by atoms with Crippen LogP contribution in [-0.4, -0.2) is 33.4 Å². The molecule has 2 atom stereocenters. The summed E-state index contributed by atoms with van der Waals surface area (Å²) >= 11 is 0. The van der Waals surface area contributed by atoms with Crippen LogP contribution in [0.5, 0.6) is 0 Å². The summed E-state index contributed by atoms with van der Waals surface area (Å²) < 4.78 is 1.88. The fraction of sp³-hybridized carbons (Fsp3) is 0.474. The van der Waals surface area contributed by atoms with E-state index in [0.717, 1.165) is 22.6 Å². The summed E-state index contributed by atoms with van der Waals surface area (Å²) in [7, 11) is 0. The molecule has 0 bridgehead atoms. The third-order valence-corrected chi connectivity index (χ3v) is 4.17. The van der Waals surface area contributed by atoms with E-state index in [9.17, 15) is 9.90 Å². The summed E-state index contributed by atoms with van der Waals surface area (Å²) in [5, 5.41) is 16.9. The number of hydrogen-bond donors (Lipinski definition) is 2. The minimum Gasteiger partial charge on any atom is -0.393 e. The van der Waals surface area contributed by atoms with Gasteiger partial charge in [-0.2, -0.15) is 5.10 Å². The van der Waals surface area contributed by atoms with Crippen LogP contribution in [-0.2, 0) is 11.2 Å². The average Bonchev–Trinajstić information content (AvgIpc) is 2.81. The highest BCUT2D eigenvalue weighted by molar-refractivity contribution is 5.79. The van der Waals surface area contributed by atoms with E-state index in [0.29, 0.717) is 19.4 Å². The molecule has 5 heteroatoms. The van der Waals surface area contributed by atoms with Crippen LogP contribution in [0.15, 0.2) is 30.3 Å². The zero-order valence-electron chi connectivity index (χ0n) is 14.9. The smallest absolute Gasteiger partial charge is 0.224 e. The molecule has 5 nitrogen and oxygen atoms in total. The maximum atomic E-state index is 12.2. The number of para-hydroxylation sites is 1. The van der Waals surface area contributed by atoms with Crippen molar-refractivity contribution >= 4 is 5.91 Å². The number of rotatable bonds is 7. The predicted octanol–water partition coefficient (Wildman–Crippen LogP) is 2.55. The van der Waals surface area contributed by atoms with Gasteiger partial charge in [0.2, 0.25) is 5.91 Å². The van der Waals surface area contributed by atoms with Crippen LogP contribution in [0.4, 0.5) is 0 Å². The number of hydrogen-bond acceptors (Lipinski definition) is 3. The van der Waals surface area contributed by atoms with E-state index in [4.69, 9.17) is 0 Å². The second-order valence-corrected chi connectivity index (χ2v) is 6.57. The molecule has 0 saturated heterocycles. The van der Waals surface area contributed by atoms with Gasteiger partial charge < -0.3 is 10.4 Å². The number of carbonyl (C=O) groups is 1. The summed E-state index contributed by atoms with van der Waals surface area (Å²) in [6.45, 7) is 8.30. The van der Waals surface area contributed by atoms with Gasteiger partial charge in [0.1, 0.15) is 0 Å². The van der Waals surface area contributed by atoms with E-state index in [1.807, 2.05) is 55.8 Å². The Hall–Kier alpha value is -2.14. The maximum Gasteiger partial charge on any atom is 0.224 e. The molecule has 2 N–H and O–H groups in total. The highest BCUT2D eigenvalue weighted by Gasteiger charge is 2.16. The first-order valence-electron chi connectivity index (χ1n) is 8.43. The third kappa shape index (κ3) is 4.68. The molecule has 24 heavy (non-hydrogen) atoms. The second-order valence-electron chi connectivity index (χ2n) is 6.57. The quantitative estimate of drug-likeness (QED) is 0.820. The van der Waals surface area contributed by atoms with Gasteiger partial charge in [0, 0.05) is 17.8 Å². The molecule has 130 valence electrons. The van der Waals surface area contributed by atoms with Crippen LogP contribution >= 0.6 is 0 Å². The molecule has 2 rings (SSSR count). The van der Waals surface area contributed by atoms with Gasteiger partial charge in [0.25, 0.3) is 0 Å². The van der Waals surface area contributed by atoms with E-state index in [2.05, 4.69) is 10.4 Å². The Bertz CT molecular complexity index is 677. The highest BCUT2D eigenvalue weighted by Crippen LogP contribution is 2.18. The summed E-state index contributed by atoms with van der Waals surface area (Å²) in [4.78, 5) is 12.2. The largest absolute Gasteiger partial charge is 0.393 e. The molecule has 0 fully saturated rings. The summed E-state index contributed by atoms with van der Waals surface area (Å²) in [6, 6.07) is 9.92. The number of carbonyl (C=O) groups excluding carboxylic acids is 1. The molecule has 1 heterocycles. The Morgan fingerprint density at radius 1 is 1.25 bits per heavy atom. The van der Waals surface area contributed by atoms with Crippen molar-refractivity contribution < 1.29 is 9.90 Å². The lowest BCUT2D eigenvalue weighted by Gasteiger charge is -2.14. The summed E-state index contributed by atoms with van der Waals surface area (Å²) in [5.74, 6) is 0.245. The average molecular weight is 329 g/mol. The van der Waals surface area contributed by atoms with Crippen LogP contribution in [0.1, 0.15) is 37.2 Å². The summed E-state index contributed by atoms with van der Waals surface area (Å²) in [5.41, 5.74) is 3.84. The number of nitrogens with zero attached hydrogens (tertiary/aromatic N) is 2. The number of benzene rings is 1. The molecule has 1 aromatic carbocycles. The second kappa shape index (κ2) is 8.11. The molecule has 0 saturated carbocycles. The van der Waals surface area contributed by atoms with Crippen LogP contribution < -0.4 is 5.32 Å². The van der Waals surface area contributed by atoms with E-state index in [1.54, 1.807) is 6.92 Å². The molecule has 0 aliphatic carbocycles. The molecule has 1 aromatic heterocycles. The van der Waals surface area contributed by atoms with Crippen molar-refractivity contribution in [1.82, 2.24) is 15.1 Å². The molecule has 0 aliphatic heterocycles. The van der Waals surface area contributed by atoms with Crippen LogP contribution in [0.3, 0.4) is 0 Å². The number of amides is 1. The summed E-state index contributed by atoms with van der Waals surface area (Å²) in [6.07, 6.45) is 0.668. The molecule has 0 aliphatic rings. The van der Waals surface area contributed by atoms with E-state index >= 15 is 0 Å². The van der Waals surface area contributed by atoms with Gasteiger partial charge in [0.05, 0.1) is 23.9 Å². The van der Waals surface area contributed by atoms with E-state index < -0.39 is 0 Å². The fourth-order valence-corrected chi connectivity index (χ4v) is 2.93. The maximum absolute atomic E-state index is 12.2. The van der Waals surface area contributed by atoms with Gasteiger partial charge in [0.15, 0.2) is 0 Å². The van der Waals surface area contributed by atoms with Gasteiger partial charge >= 0.3 is 0 Å². The molecule has 0 radical (unpaired) electrons. The Balaban J connectivity index is 2.03. The molecule has 0 spiro atoms. The molecule has 2 aromatic rings. The highest BCUT2D eigenvalue weighted by atomic mass is 16.3. The number of nitrogens with one attached hydrogen (secondary N) is 1. The van der Waals surface area contributed by atoms with Crippen LogP contribution in [0, 0.1) is 19.8 Å². The lowest BCUT2D eigenvalue weighted by molar-refractivity contribution is -0.120. The topological polar surface area (TPSA) is 67.2 Å². The number of aliphatic hydroxyl groups is 1. The third-order valence-electron chi connectivity index (χ3n) is 4.17. The first-order chi connectivity index (χ1) is 11.4. The molecule has 2 unspecified atom stereocenters. The minimum atomic E-state index is -0.342. The van der Waals surface area contributed by atoms with Crippen molar-refractivity contribution in [3.8, 4) is 5.69 Å². The van der Waals surface area contributed by atoms with E-state index in [-0.39, 0.29) is 17.9 Å². The lowest BCUT2D eigenvalue weighted by Crippen LogP contribution is -2.30. The first kappa shape index (κ1) is 18.2. The minimum absolute atomic E-state index is 0.00810. The number of aliphatic hydroxyl groups excluding tert-OH is 1. The zero-order chi connectivity index (χ0) is 17.7. The van der Waals surface area contributed by atoms with Crippen molar-refractivity contribution in [2.75, 3.05) is 6.54 Å². The van der Waals surface area contributed by atoms with Crippen LogP contribution in [0.25, 0.3) is 5.69 Å². The van der Waals surface area contributed by atoms with Crippen molar-refractivity contribution in [3.05, 3.63) is 47.3 Å².